The predicted octanol–water partition coefficient (Wildman–Crippen LogP) is 2.76. The summed E-state index contributed by atoms with van der Waals surface area (Å²) in [7, 11) is 1.53. The molecule has 0 unspecified atom stereocenters. The Hall–Kier alpha value is -1.46. The number of nitrogens with zero attached hydrogens (tertiary/aromatic N) is 1. The first-order chi connectivity index (χ1) is 8.15. The van der Waals surface area contributed by atoms with Crippen molar-refractivity contribution in [3.8, 4) is 16.3 Å². The molecule has 1 heterocycles. The molecule has 0 aliphatic rings. The van der Waals surface area contributed by atoms with E-state index in [0.717, 1.165) is 4.88 Å². The van der Waals surface area contributed by atoms with Gasteiger partial charge in [0.1, 0.15) is 16.6 Å². The summed E-state index contributed by atoms with van der Waals surface area (Å²) in [6, 6.07) is 4.30. The summed E-state index contributed by atoms with van der Waals surface area (Å²) < 4.78 is 18.4. The van der Waals surface area contributed by atoms with Crippen LogP contribution in [0.5, 0.6) is 5.75 Å². The van der Waals surface area contributed by atoms with Crippen LogP contribution in [0, 0.1) is 12.7 Å². The molecule has 2 rings (SSSR count). The molecule has 0 atom stereocenters. The molecule has 1 N–H and O–H groups in total. The smallest absolute Gasteiger partial charge is 0.129 e. The number of benzene rings is 1. The third-order valence-electron chi connectivity index (χ3n) is 2.43. The Morgan fingerprint density at radius 1 is 1.47 bits per heavy atom. The van der Waals surface area contributed by atoms with Gasteiger partial charge in [-0.25, -0.2) is 9.37 Å². The zero-order chi connectivity index (χ0) is 12.4. The van der Waals surface area contributed by atoms with Crippen molar-refractivity contribution in [2.75, 3.05) is 7.11 Å². The number of ether oxygens (including phenoxy) is 1. The molecule has 17 heavy (non-hydrogen) atoms. The predicted molar refractivity (Wildman–Crippen MR) is 64.7 cm³/mol. The fourth-order valence-electron chi connectivity index (χ4n) is 1.54. The van der Waals surface area contributed by atoms with E-state index in [9.17, 15) is 4.39 Å². The topological polar surface area (TPSA) is 42.4 Å². The number of methoxy groups -OCH3 is 1. The van der Waals surface area contributed by atoms with Gasteiger partial charge in [0.2, 0.25) is 0 Å². The Kier molecular flexibility index (Phi) is 3.40. The standard InChI is InChI=1S/C12H12FNO2S/c1-7-10(6-15)14-12(17-7)9-5-8(13)3-4-11(9)16-2/h3-5,15H,6H2,1-2H3. The van der Waals surface area contributed by atoms with E-state index in [1.54, 1.807) is 6.07 Å². The van der Waals surface area contributed by atoms with Gasteiger partial charge in [0.05, 0.1) is 25.0 Å². The number of rotatable bonds is 3. The number of aliphatic hydroxyl groups is 1. The van der Waals surface area contributed by atoms with Crippen molar-refractivity contribution < 1.29 is 14.2 Å². The van der Waals surface area contributed by atoms with E-state index >= 15 is 0 Å². The molecule has 0 amide bonds. The second kappa shape index (κ2) is 4.81. The Balaban J connectivity index is 2.54. The molecule has 1 aromatic heterocycles. The fourth-order valence-corrected chi connectivity index (χ4v) is 2.48. The summed E-state index contributed by atoms with van der Waals surface area (Å²) in [6.07, 6.45) is 0. The van der Waals surface area contributed by atoms with E-state index in [1.165, 1.54) is 30.6 Å². The molecule has 0 fully saturated rings. The van der Waals surface area contributed by atoms with Gasteiger partial charge >= 0.3 is 0 Å². The van der Waals surface area contributed by atoms with Gasteiger partial charge in [-0.2, -0.15) is 0 Å². The number of halogens is 1. The second-order valence-electron chi connectivity index (χ2n) is 3.52. The van der Waals surface area contributed by atoms with Crippen molar-refractivity contribution in [2.24, 2.45) is 0 Å². The van der Waals surface area contributed by atoms with E-state index in [0.29, 0.717) is 22.0 Å². The third kappa shape index (κ3) is 2.30. The van der Waals surface area contributed by atoms with Crippen molar-refractivity contribution in [1.29, 1.82) is 0 Å². The molecule has 0 spiro atoms. The first-order valence-electron chi connectivity index (χ1n) is 5.06. The highest BCUT2D eigenvalue weighted by Gasteiger charge is 2.13. The van der Waals surface area contributed by atoms with Crippen LogP contribution >= 0.6 is 11.3 Å². The minimum absolute atomic E-state index is 0.111. The van der Waals surface area contributed by atoms with Crippen LogP contribution in [-0.2, 0) is 6.61 Å². The zero-order valence-electron chi connectivity index (χ0n) is 9.53. The summed E-state index contributed by atoms with van der Waals surface area (Å²) in [6.45, 7) is 1.76. The Bertz CT molecular complexity index is 539. The normalized spacial score (nSPS) is 10.6. The second-order valence-corrected chi connectivity index (χ2v) is 4.73. The van der Waals surface area contributed by atoms with Gasteiger partial charge in [-0.1, -0.05) is 0 Å². The van der Waals surface area contributed by atoms with Gasteiger partial charge in [0.25, 0.3) is 0 Å². The molecule has 5 heteroatoms. The molecular weight excluding hydrogens is 241 g/mol. The molecular formula is C12H12FNO2S. The lowest BCUT2D eigenvalue weighted by molar-refractivity contribution is 0.277. The van der Waals surface area contributed by atoms with Crippen LogP contribution in [0.1, 0.15) is 10.6 Å². The lowest BCUT2D eigenvalue weighted by atomic mass is 10.2. The van der Waals surface area contributed by atoms with E-state index in [1.807, 2.05) is 6.92 Å². The Morgan fingerprint density at radius 3 is 2.82 bits per heavy atom. The van der Waals surface area contributed by atoms with Gasteiger partial charge in [0.15, 0.2) is 0 Å². The van der Waals surface area contributed by atoms with Gasteiger partial charge in [-0.3, -0.25) is 0 Å². The highest BCUT2D eigenvalue weighted by atomic mass is 32.1. The molecule has 3 nitrogen and oxygen atoms in total. The number of hydrogen-bond acceptors (Lipinski definition) is 4. The molecule has 0 aliphatic heterocycles. The number of hydrogen-bond donors (Lipinski definition) is 1. The minimum Gasteiger partial charge on any atom is -0.496 e. The lowest BCUT2D eigenvalue weighted by Gasteiger charge is -2.05. The minimum atomic E-state index is -0.334. The summed E-state index contributed by atoms with van der Waals surface area (Å²) in [5.41, 5.74) is 1.23. The van der Waals surface area contributed by atoms with E-state index in [-0.39, 0.29) is 12.4 Å². The van der Waals surface area contributed by atoms with Crippen LogP contribution in [0.4, 0.5) is 4.39 Å². The summed E-state index contributed by atoms with van der Waals surface area (Å²) in [5.74, 6) is 0.240. The maximum atomic E-state index is 13.2. The summed E-state index contributed by atoms with van der Waals surface area (Å²) in [5, 5.41) is 9.75. The molecule has 2 aromatic rings. The summed E-state index contributed by atoms with van der Waals surface area (Å²) >= 11 is 1.41. The molecule has 0 radical (unpaired) electrons. The number of aryl methyl sites for hydroxylation is 1. The van der Waals surface area contributed by atoms with E-state index in [2.05, 4.69) is 4.98 Å². The van der Waals surface area contributed by atoms with Gasteiger partial charge < -0.3 is 9.84 Å². The monoisotopic (exact) mass is 253 g/mol. The number of aromatic nitrogens is 1. The molecule has 1 aromatic carbocycles. The van der Waals surface area contributed by atoms with E-state index < -0.39 is 0 Å². The molecule has 0 saturated carbocycles. The van der Waals surface area contributed by atoms with Crippen LogP contribution in [0.3, 0.4) is 0 Å². The van der Waals surface area contributed by atoms with Gasteiger partial charge in [0, 0.05) is 4.88 Å². The van der Waals surface area contributed by atoms with E-state index in [4.69, 9.17) is 9.84 Å². The van der Waals surface area contributed by atoms with Crippen molar-refractivity contribution >= 4 is 11.3 Å². The third-order valence-corrected chi connectivity index (χ3v) is 3.48. The van der Waals surface area contributed by atoms with Crippen LogP contribution in [-0.4, -0.2) is 17.2 Å². The largest absolute Gasteiger partial charge is 0.496 e. The Labute approximate surface area is 103 Å². The van der Waals surface area contributed by atoms with Crippen molar-refractivity contribution in [3.05, 3.63) is 34.6 Å². The Morgan fingerprint density at radius 2 is 2.24 bits per heavy atom. The van der Waals surface area contributed by atoms with Crippen molar-refractivity contribution in [1.82, 2.24) is 4.98 Å². The summed E-state index contributed by atoms with van der Waals surface area (Å²) in [4.78, 5) is 5.19. The maximum Gasteiger partial charge on any atom is 0.129 e. The molecule has 0 bridgehead atoms. The first kappa shape index (κ1) is 12.0. The SMILES string of the molecule is COc1ccc(F)cc1-c1nc(CO)c(C)s1. The van der Waals surface area contributed by atoms with Crippen LogP contribution < -0.4 is 4.74 Å². The number of thiazole rings is 1. The molecule has 90 valence electrons. The first-order valence-corrected chi connectivity index (χ1v) is 5.88. The fraction of sp³-hybridized carbons (Fsp3) is 0.250. The van der Waals surface area contributed by atoms with Gasteiger partial charge in [-0.15, -0.1) is 11.3 Å². The van der Waals surface area contributed by atoms with Crippen molar-refractivity contribution in [3.63, 3.8) is 0 Å². The average molecular weight is 253 g/mol. The van der Waals surface area contributed by atoms with Crippen LogP contribution in [0.2, 0.25) is 0 Å². The van der Waals surface area contributed by atoms with Crippen LogP contribution in [0.25, 0.3) is 10.6 Å². The highest BCUT2D eigenvalue weighted by Crippen LogP contribution is 2.34. The van der Waals surface area contributed by atoms with Crippen molar-refractivity contribution in [2.45, 2.75) is 13.5 Å². The highest BCUT2D eigenvalue weighted by molar-refractivity contribution is 7.15. The number of aliphatic hydroxyl groups excluding tert-OH is 1. The lowest BCUT2D eigenvalue weighted by Crippen LogP contribution is -1.90. The quantitative estimate of drug-likeness (QED) is 0.914. The molecule has 0 saturated heterocycles. The zero-order valence-corrected chi connectivity index (χ0v) is 10.3. The molecule has 0 aliphatic carbocycles. The average Bonchev–Trinajstić information content (AvgIpc) is 2.70. The maximum absolute atomic E-state index is 13.2. The van der Waals surface area contributed by atoms with Crippen LogP contribution in [0.15, 0.2) is 18.2 Å². The van der Waals surface area contributed by atoms with Gasteiger partial charge in [-0.05, 0) is 25.1 Å².